The third kappa shape index (κ3) is 3.16. The first-order chi connectivity index (χ1) is 11.8. The fourth-order valence-corrected chi connectivity index (χ4v) is 3.08. The van der Waals surface area contributed by atoms with E-state index < -0.39 is 0 Å². The van der Waals surface area contributed by atoms with Crippen LogP contribution in [0.25, 0.3) is 0 Å². The van der Waals surface area contributed by atoms with Gasteiger partial charge in [0.1, 0.15) is 0 Å². The molecule has 6 heteroatoms. The van der Waals surface area contributed by atoms with E-state index in [-0.39, 0.29) is 0 Å². The Morgan fingerprint density at radius 3 is 2.79 bits per heavy atom. The van der Waals surface area contributed by atoms with Crippen molar-refractivity contribution in [2.24, 2.45) is 0 Å². The van der Waals surface area contributed by atoms with Crippen LogP contribution in [0.1, 0.15) is 11.1 Å². The number of nitrogens with zero attached hydrogens (tertiary/aromatic N) is 4. The van der Waals surface area contributed by atoms with E-state index in [1.54, 1.807) is 6.20 Å². The van der Waals surface area contributed by atoms with Crippen LogP contribution in [0, 0.1) is 0 Å². The molecular formula is C18H16ClN5. The molecule has 0 saturated heterocycles. The van der Waals surface area contributed by atoms with E-state index in [2.05, 4.69) is 49.7 Å². The average molecular weight is 338 g/mol. The van der Waals surface area contributed by atoms with Crippen molar-refractivity contribution in [1.82, 2.24) is 15.2 Å². The minimum absolute atomic E-state index is 0.466. The molecule has 0 spiro atoms. The second-order valence-electron chi connectivity index (χ2n) is 5.71. The summed E-state index contributed by atoms with van der Waals surface area (Å²) in [6.45, 7) is 1.76. The molecule has 0 aliphatic carbocycles. The van der Waals surface area contributed by atoms with Crippen molar-refractivity contribution in [2.75, 3.05) is 16.8 Å². The van der Waals surface area contributed by atoms with Gasteiger partial charge < -0.3 is 10.2 Å². The molecular weight excluding hydrogens is 322 g/mol. The van der Waals surface area contributed by atoms with Crippen LogP contribution in [0.2, 0.25) is 5.02 Å². The topological polar surface area (TPSA) is 53.9 Å². The monoisotopic (exact) mass is 337 g/mol. The van der Waals surface area contributed by atoms with E-state index in [1.165, 1.54) is 11.1 Å². The van der Waals surface area contributed by atoms with Gasteiger partial charge in [0.15, 0.2) is 5.82 Å². The quantitative estimate of drug-likeness (QED) is 0.787. The van der Waals surface area contributed by atoms with E-state index in [0.29, 0.717) is 11.0 Å². The van der Waals surface area contributed by atoms with E-state index in [4.69, 9.17) is 11.6 Å². The van der Waals surface area contributed by atoms with Crippen molar-refractivity contribution in [1.29, 1.82) is 0 Å². The van der Waals surface area contributed by atoms with Crippen LogP contribution < -0.4 is 10.2 Å². The molecule has 5 nitrogen and oxygen atoms in total. The van der Waals surface area contributed by atoms with Gasteiger partial charge in [-0.25, -0.2) is 0 Å². The summed E-state index contributed by atoms with van der Waals surface area (Å²) in [4.78, 5) is 6.81. The Balaban J connectivity index is 1.55. The van der Waals surface area contributed by atoms with Crippen molar-refractivity contribution in [3.8, 4) is 0 Å². The largest absolute Gasteiger partial charge is 0.350 e. The highest BCUT2D eigenvalue weighted by Crippen LogP contribution is 2.24. The van der Waals surface area contributed by atoms with E-state index in [1.807, 2.05) is 24.3 Å². The number of anilines is 3. The molecule has 1 aliphatic rings. The fourth-order valence-electron chi connectivity index (χ4n) is 2.89. The molecule has 2 heterocycles. The number of aromatic nitrogens is 3. The van der Waals surface area contributed by atoms with Crippen LogP contribution >= 0.6 is 11.6 Å². The summed E-state index contributed by atoms with van der Waals surface area (Å²) in [6.07, 6.45) is 2.72. The van der Waals surface area contributed by atoms with Crippen LogP contribution in [-0.4, -0.2) is 21.7 Å². The van der Waals surface area contributed by atoms with Gasteiger partial charge in [-0.1, -0.05) is 41.9 Å². The van der Waals surface area contributed by atoms with Crippen LogP contribution in [0.4, 0.5) is 17.5 Å². The molecule has 0 saturated carbocycles. The summed E-state index contributed by atoms with van der Waals surface area (Å²) >= 11 is 6.01. The highest BCUT2D eigenvalue weighted by atomic mass is 35.5. The van der Waals surface area contributed by atoms with E-state index in [9.17, 15) is 0 Å². The van der Waals surface area contributed by atoms with Crippen molar-refractivity contribution in [2.45, 2.75) is 13.0 Å². The molecule has 0 unspecified atom stereocenters. The summed E-state index contributed by atoms with van der Waals surface area (Å²) < 4.78 is 0. The standard InChI is InChI=1S/C18H16ClN5/c19-15-6-3-7-16(10-15)21-18-22-17(11-20-23-18)24-9-8-13-4-1-2-5-14(13)12-24/h1-7,10-11H,8-9,12H2,(H,21,22,23). The third-order valence-electron chi connectivity index (χ3n) is 4.08. The first kappa shape index (κ1) is 14.9. The van der Waals surface area contributed by atoms with Gasteiger partial charge in [-0.2, -0.15) is 10.1 Å². The molecule has 24 heavy (non-hydrogen) atoms. The molecule has 0 atom stereocenters. The van der Waals surface area contributed by atoms with Gasteiger partial charge in [0.2, 0.25) is 5.95 Å². The second kappa shape index (κ2) is 6.45. The summed E-state index contributed by atoms with van der Waals surface area (Å²) in [5, 5.41) is 12.0. The molecule has 3 aromatic rings. The number of halogens is 1. The summed E-state index contributed by atoms with van der Waals surface area (Å²) in [6, 6.07) is 16.0. The first-order valence-electron chi connectivity index (χ1n) is 7.82. The smallest absolute Gasteiger partial charge is 0.249 e. The molecule has 0 amide bonds. The molecule has 1 aromatic heterocycles. The van der Waals surface area contributed by atoms with Crippen molar-refractivity contribution < 1.29 is 0 Å². The summed E-state index contributed by atoms with van der Waals surface area (Å²) in [5.74, 6) is 1.29. The zero-order valence-electron chi connectivity index (χ0n) is 13.0. The van der Waals surface area contributed by atoms with E-state index in [0.717, 1.165) is 31.0 Å². The zero-order chi connectivity index (χ0) is 16.4. The maximum Gasteiger partial charge on any atom is 0.249 e. The lowest BCUT2D eigenvalue weighted by molar-refractivity contribution is 0.715. The van der Waals surface area contributed by atoms with Crippen LogP contribution in [0.3, 0.4) is 0 Å². The molecule has 2 aromatic carbocycles. The maximum atomic E-state index is 6.01. The van der Waals surface area contributed by atoms with Crippen molar-refractivity contribution in [3.05, 3.63) is 70.9 Å². The highest BCUT2D eigenvalue weighted by Gasteiger charge is 2.17. The predicted molar refractivity (Wildman–Crippen MR) is 95.8 cm³/mol. The normalized spacial score (nSPS) is 13.5. The van der Waals surface area contributed by atoms with Gasteiger partial charge in [0.25, 0.3) is 0 Å². The Morgan fingerprint density at radius 1 is 1.04 bits per heavy atom. The Hall–Kier alpha value is -2.66. The third-order valence-corrected chi connectivity index (χ3v) is 4.32. The predicted octanol–water partition coefficient (Wildman–Crippen LogP) is 3.83. The maximum absolute atomic E-state index is 6.01. The zero-order valence-corrected chi connectivity index (χ0v) is 13.7. The molecule has 1 aliphatic heterocycles. The number of rotatable bonds is 3. The van der Waals surface area contributed by atoms with Gasteiger partial charge in [-0.3, -0.25) is 0 Å². The summed E-state index contributed by atoms with van der Waals surface area (Å²) in [7, 11) is 0. The minimum atomic E-state index is 0.466. The number of nitrogens with one attached hydrogen (secondary N) is 1. The fraction of sp³-hybridized carbons (Fsp3) is 0.167. The average Bonchev–Trinajstić information content (AvgIpc) is 2.61. The molecule has 1 N–H and O–H groups in total. The Bertz CT molecular complexity index is 867. The lowest BCUT2D eigenvalue weighted by Crippen LogP contribution is -2.31. The van der Waals surface area contributed by atoms with Gasteiger partial charge in [0.05, 0.1) is 6.20 Å². The number of hydrogen-bond donors (Lipinski definition) is 1. The molecule has 120 valence electrons. The Morgan fingerprint density at radius 2 is 1.92 bits per heavy atom. The Kier molecular flexibility index (Phi) is 4.01. The molecule has 0 radical (unpaired) electrons. The van der Waals surface area contributed by atoms with Crippen LogP contribution in [0.15, 0.2) is 54.7 Å². The lowest BCUT2D eigenvalue weighted by atomic mass is 10.0. The molecule has 0 bridgehead atoms. The van der Waals surface area contributed by atoms with Crippen LogP contribution in [0.5, 0.6) is 0 Å². The number of benzene rings is 2. The molecule has 0 fully saturated rings. The SMILES string of the molecule is Clc1cccc(Nc2nncc(N3CCc4ccccc4C3)n2)c1. The minimum Gasteiger partial charge on any atom is -0.350 e. The van der Waals surface area contributed by atoms with E-state index >= 15 is 0 Å². The van der Waals surface area contributed by atoms with Gasteiger partial charge >= 0.3 is 0 Å². The van der Waals surface area contributed by atoms with Gasteiger partial charge in [0, 0.05) is 23.8 Å². The van der Waals surface area contributed by atoms with Crippen molar-refractivity contribution >= 4 is 29.1 Å². The Labute approximate surface area is 145 Å². The van der Waals surface area contributed by atoms with Gasteiger partial charge in [-0.15, -0.1) is 5.10 Å². The second-order valence-corrected chi connectivity index (χ2v) is 6.15. The summed E-state index contributed by atoms with van der Waals surface area (Å²) in [5.41, 5.74) is 3.59. The first-order valence-corrected chi connectivity index (χ1v) is 8.20. The van der Waals surface area contributed by atoms with Crippen LogP contribution in [-0.2, 0) is 13.0 Å². The lowest BCUT2D eigenvalue weighted by Gasteiger charge is -2.29. The molecule has 4 rings (SSSR count). The number of hydrogen-bond acceptors (Lipinski definition) is 5. The van der Waals surface area contributed by atoms with Gasteiger partial charge in [-0.05, 0) is 35.7 Å². The van der Waals surface area contributed by atoms with Crippen molar-refractivity contribution in [3.63, 3.8) is 0 Å². The highest BCUT2D eigenvalue weighted by molar-refractivity contribution is 6.30. The number of fused-ring (bicyclic) bond motifs is 1.